The fraction of sp³-hybridized carbons (Fsp3) is 0.533. The summed E-state index contributed by atoms with van der Waals surface area (Å²) in [5.41, 5.74) is 7.65. The predicted molar refractivity (Wildman–Crippen MR) is 79.5 cm³/mol. The topological polar surface area (TPSA) is 67.6 Å². The first-order valence-corrected chi connectivity index (χ1v) is 7.03. The van der Waals surface area contributed by atoms with Crippen molar-refractivity contribution < 1.29 is 9.53 Å². The van der Waals surface area contributed by atoms with E-state index in [1.807, 2.05) is 12.1 Å². The van der Waals surface area contributed by atoms with Crippen molar-refractivity contribution in [2.45, 2.75) is 31.8 Å². The van der Waals surface area contributed by atoms with Gasteiger partial charge in [0.15, 0.2) is 0 Å². The van der Waals surface area contributed by atoms with Gasteiger partial charge in [0.1, 0.15) is 5.75 Å². The van der Waals surface area contributed by atoms with Crippen LogP contribution in [0.15, 0.2) is 18.2 Å². The average Bonchev–Trinajstić information content (AvgIpc) is 2.46. The summed E-state index contributed by atoms with van der Waals surface area (Å²) in [7, 11) is 3.32. The van der Waals surface area contributed by atoms with E-state index in [-0.39, 0.29) is 11.9 Å². The van der Waals surface area contributed by atoms with E-state index in [1.54, 1.807) is 20.2 Å². The van der Waals surface area contributed by atoms with E-state index < -0.39 is 0 Å². The first kappa shape index (κ1) is 14.7. The first-order valence-electron chi connectivity index (χ1n) is 7.03. The molecule has 1 fully saturated rings. The lowest BCUT2D eigenvalue weighted by Gasteiger charge is -2.34. The summed E-state index contributed by atoms with van der Waals surface area (Å²) < 4.78 is 5.24. The number of likely N-dealkylation sites (tertiary alicyclic amines) is 1. The molecule has 1 aromatic carbocycles. The minimum absolute atomic E-state index is 0.0406. The van der Waals surface area contributed by atoms with Gasteiger partial charge in [-0.2, -0.15) is 0 Å². The standard InChI is InChI=1S/C15H23N3O2/c1-17-15(19)14-5-3-4-6-18(14)10-11-7-12(16)9-13(8-11)20-2/h7-9,14H,3-6,10,16H2,1-2H3,(H,17,19). The summed E-state index contributed by atoms with van der Waals surface area (Å²) in [6.07, 6.45) is 3.15. The highest BCUT2D eigenvalue weighted by atomic mass is 16.5. The maximum absolute atomic E-state index is 12.0. The fourth-order valence-electron chi connectivity index (χ4n) is 2.77. The van der Waals surface area contributed by atoms with Gasteiger partial charge in [0.2, 0.25) is 5.91 Å². The number of methoxy groups -OCH3 is 1. The van der Waals surface area contributed by atoms with Crippen molar-refractivity contribution in [3.05, 3.63) is 23.8 Å². The number of hydrogen-bond donors (Lipinski definition) is 2. The van der Waals surface area contributed by atoms with Crippen LogP contribution in [-0.4, -0.2) is 37.6 Å². The highest BCUT2D eigenvalue weighted by Crippen LogP contribution is 2.23. The second kappa shape index (κ2) is 6.61. The third-order valence-corrected chi connectivity index (χ3v) is 3.77. The minimum Gasteiger partial charge on any atom is -0.497 e. The van der Waals surface area contributed by atoms with Crippen molar-refractivity contribution in [2.24, 2.45) is 0 Å². The van der Waals surface area contributed by atoms with Crippen LogP contribution in [0.25, 0.3) is 0 Å². The molecule has 0 bridgehead atoms. The number of anilines is 1. The van der Waals surface area contributed by atoms with Gasteiger partial charge in [0.05, 0.1) is 13.2 Å². The molecule has 0 aliphatic carbocycles. The molecular formula is C15H23N3O2. The van der Waals surface area contributed by atoms with Gasteiger partial charge in [-0.3, -0.25) is 9.69 Å². The second-order valence-corrected chi connectivity index (χ2v) is 5.21. The van der Waals surface area contributed by atoms with Crippen molar-refractivity contribution in [2.75, 3.05) is 26.4 Å². The molecular weight excluding hydrogens is 254 g/mol. The highest BCUT2D eigenvalue weighted by molar-refractivity contribution is 5.81. The monoisotopic (exact) mass is 277 g/mol. The van der Waals surface area contributed by atoms with Gasteiger partial charge >= 0.3 is 0 Å². The van der Waals surface area contributed by atoms with E-state index in [0.29, 0.717) is 5.69 Å². The lowest BCUT2D eigenvalue weighted by molar-refractivity contribution is -0.127. The number of rotatable bonds is 4. The van der Waals surface area contributed by atoms with E-state index in [4.69, 9.17) is 10.5 Å². The fourth-order valence-corrected chi connectivity index (χ4v) is 2.77. The molecule has 1 aromatic rings. The number of nitrogens with one attached hydrogen (secondary N) is 1. The van der Waals surface area contributed by atoms with Crippen LogP contribution in [0.1, 0.15) is 24.8 Å². The predicted octanol–water partition coefficient (Wildman–Crippen LogP) is 1.38. The van der Waals surface area contributed by atoms with Crippen LogP contribution in [0.4, 0.5) is 5.69 Å². The highest BCUT2D eigenvalue weighted by Gasteiger charge is 2.27. The molecule has 0 spiro atoms. The van der Waals surface area contributed by atoms with Gasteiger partial charge in [0, 0.05) is 25.3 Å². The normalized spacial score (nSPS) is 19.6. The molecule has 0 aromatic heterocycles. The Bertz CT molecular complexity index is 476. The molecule has 1 unspecified atom stereocenters. The Labute approximate surface area is 120 Å². The van der Waals surface area contributed by atoms with E-state index in [1.165, 1.54) is 0 Å². The Morgan fingerprint density at radius 2 is 2.25 bits per heavy atom. The van der Waals surface area contributed by atoms with Crippen LogP contribution in [0.2, 0.25) is 0 Å². The summed E-state index contributed by atoms with van der Waals surface area (Å²) in [6, 6.07) is 5.68. The van der Waals surface area contributed by atoms with Crippen LogP contribution >= 0.6 is 0 Å². The van der Waals surface area contributed by atoms with Crippen molar-refractivity contribution >= 4 is 11.6 Å². The molecule has 5 nitrogen and oxygen atoms in total. The smallest absolute Gasteiger partial charge is 0.237 e. The molecule has 1 atom stereocenters. The Kier molecular flexibility index (Phi) is 4.84. The SMILES string of the molecule is CNC(=O)C1CCCCN1Cc1cc(N)cc(OC)c1. The van der Waals surface area contributed by atoms with E-state index in [2.05, 4.69) is 10.2 Å². The molecule has 1 aliphatic heterocycles. The number of carbonyl (C=O) groups is 1. The number of ether oxygens (including phenoxy) is 1. The number of nitrogens with zero attached hydrogens (tertiary/aromatic N) is 1. The van der Waals surface area contributed by atoms with Crippen LogP contribution in [-0.2, 0) is 11.3 Å². The maximum Gasteiger partial charge on any atom is 0.237 e. The molecule has 2 rings (SSSR count). The molecule has 110 valence electrons. The summed E-state index contributed by atoms with van der Waals surface area (Å²) in [4.78, 5) is 14.2. The van der Waals surface area contributed by atoms with Crippen LogP contribution in [0, 0.1) is 0 Å². The number of nitrogens with two attached hydrogens (primary N) is 1. The molecule has 1 saturated heterocycles. The van der Waals surface area contributed by atoms with Gasteiger partial charge in [-0.1, -0.05) is 6.42 Å². The first-order chi connectivity index (χ1) is 9.63. The zero-order valence-corrected chi connectivity index (χ0v) is 12.2. The molecule has 1 heterocycles. The molecule has 5 heteroatoms. The van der Waals surface area contributed by atoms with Crippen molar-refractivity contribution in [1.29, 1.82) is 0 Å². The number of piperidine rings is 1. The average molecular weight is 277 g/mol. The lowest BCUT2D eigenvalue weighted by Crippen LogP contribution is -2.48. The molecule has 0 radical (unpaired) electrons. The Balaban J connectivity index is 2.14. The van der Waals surface area contributed by atoms with E-state index >= 15 is 0 Å². The maximum atomic E-state index is 12.0. The molecule has 1 aliphatic rings. The van der Waals surface area contributed by atoms with Crippen LogP contribution in [0.5, 0.6) is 5.75 Å². The minimum atomic E-state index is -0.0406. The van der Waals surface area contributed by atoms with Crippen molar-refractivity contribution in [3.8, 4) is 5.75 Å². The molecule has 3 N–H and O–H groups in total. The van der Waals surface area contributed by atoms with Crippen LogP contribution in [0.3, 0.4) is 0 Å². The second-order valence-electron chi connectivity index (χ2n) is 5.21. The van der Waals surface area contributed by atoms with Gasteiger partial charge in [-0.05, 0) is 37.1 Å². The summed E-state index contributed by atoms with van der Waals surface area (Å²) in [5.74, 6) is 0.856. The number of amides is 1. The summed E-state index contributed by atoms with van der Waals surface area (Å²) in [5, 5.41) is 2.75. The zero-order valence-electron chi connectivity index (χ0n) is 12.2. The third kappa shape index (κ3) is 3.42. The van der Waals surface area contributed by atoms with Gasteiger partial charge in [-0.15, -0.1) is 0 Å². The van der Waals surface area contributed by atoms with Gasteiger partial charge in [-0.25, -0.2) is 0 Å². The number of nitrogen functional groups attached to an aromatic ring is 1. The number of benzene rings is 1. The Hall–Kier alpha value is -1.75. The molecule has 1 amide bonds. The lowest BCUT2D eigenvalue weighted by atomic mass is 10.0. The molecule has 20 heavy (non-hydrogen) atoms. The van der Waals surface area contributed by atoms with Gasteiger partial charge in [0.25, 0.3) is 0 Å². The van der Waals surface area contributed by atoms with Crippen molar-refractivity contribution in [1.82, 2.24) is 10.2 Å². The number of hydrogen-bond acceptors (Lipinski definition) is 4. The zero-order chi connectivity index (χ0) is 14.5. The Morgan fingerprint density at radius 1 is 1.45 bits per heavy atom. The largest absolute Gasteiger partial charge is 0.497 e. The van der Waals surface area contributed by atoms with Gasteiger partial charge < -0.3 is 15.8 Å². The number of likely N-dealkylation sites (N-methyl/N-ethyl adjacent to an activating group) is 1. The number of carbonyl (C=O) groups excluding carboxylic acids is 1. The quantitative estimate of drug-likeness (QED) is 0.816. The summed E-state index contributed by atoms with van der Waals surface area (Å²) >= 11 is 0. The summed E-state index contributed by atoms with van der Waals surface area (Å²) in [6.45, 7) is 1.66. The van der Waals surface area contributed by atoms with E-state index in [9.17, 15) is 4.79 Å². The van der Waals surface area contributed by atoms with Crippen molar-refractivity contribution in [3.63, 3.8) is 0 Å². The van der Waals surface area contributed by atoms with E-state index in [0.717, 1.165) is 43.7 Å². The Morgan fingerprint density at radius 3 is 2.95 bits per heavy atom. The van der Waals surface area contributed by atoms with Crippen LogP contribution < -0.4 is 15.8 Å². The third-order valence-electron chi connectivity index (χ3n) is 3.77. The molecule has 0 saturated carbocycles.